The Morgan fingerprint density at radius 3 is 2.77 bits per heavy atom. The summed E-state index contributed by atoms with van der Waals surface area (Å²) in [6.07, 6.45) is 0.901. The van der Waals surface area contributed by atoms with Gasteiger partial charge in [0.15, 0.2) is 11.5 Å². The molecule has 3 rings (SSSR count). The van der Waals surface area contributed by atoms with Gasteiger partial charge in [-0.3, -0.25) is 9.59 Å². The molecule has 0 aromatic heterocycles. The van der Waals surface area contributed by atoms with E-state index in [-0.39, 0.29) is 30.6 Å². The standard InChI is InChI=1S/C16H20N2O4/c1-3-10(2)17-15(19)12-7-18(8-12)16(20)11-4-5-13-14(6-11)22-9-21-13/h4-6,10,12H,3,7-9H2,1-2H3,(H,17,19). The van der Waals surface area contributed by atoms with Crippen molar-refractivity contribution in [3.63, 3.8) is 0 Å². The van der Waals surface area contributed by atoms with E-state index in [1.165, 1.54) is 0 Å². The van der Waals surface area contributed by atoms with Crippen LogP contribution in [0.2, 0.25) is 0 Å². The smallest absolute Gasteiger partial charge is 0.254 e. The van der Waals surface area contributed by atoms with E-state index in [0.717, 1.165) is 6.42 Å². The van der Waals surface area contributed by atoms with Crippen LogP contribution in [0.1, 0.15) is 30.6 Å². The molecule has 0 bridgehead atoms. The van der Waals surface area contributed by atoms with Crippen molar-refractivity contribution in [1.82, 2.24) is 10.2 Å². The molecule has 1 saturated heterocycles. The summed E-state index contributed by atoms with van der Waals surface area (Å²) in [6.45, 7) is 5.13. The summed E-state index contributed by atoms with van der Waals surface area (Å²) in [5, 5.41) is 2.95. The van der Waals surface area contributed by atoms with Gasteiger partial charge >= 0.3 is 0 Å². The van der Waals surface area contributed by atoms with E-state index in [1.807, 2.05) is 13.8 Å². The molecule has 2 amide bonds. The first-order valence-electron chi connectivity index (χ1n) is 7.57. The molecule has 2 aliphatic heterocycles. The van der Waals surface area contributed by atoms with Gasteiger partial charge in [-0.1, -0.05) is 6.92 Å². The number of carbonyl (C=O) groups excluding carboxylic acids is 2. The molecule has 1 atom stereocenters. The number of ether oxygens (including phenoxy) is 2. The van der Waals surface area contributed by atoms with Gasteiger partial charge in [0.1, 0.15) is 0 Å². The number of benzene rings is 1. The minimum Gasteiger partial charge on any atom is -0.454 e. The lowest BCUT2D eigenvalue weighted by atomic mass is 9.97. The fourth-order valence-corrected chi connectivity index (χ4v) is 2.49. The van der Waals surface area contributed by atoms with Gasteiger partial charge in [-0.15, -0.1) is 0 Å². The third-order valence-electron chi connectivity index (χ3n) is 4.16. The van der Waals surface area contributed by atoms with Gasteiger partial charge in [0, 0.05) is 24.7 Å². The molecule has 1 N–H and O–H groups in total. The third kappa shape index (κ3) is 2.73. The lowest BCUT2D eigenvalue weighted by molar-refractivity contribution is -0.129. The van der Waals surface area contributed by atoms with Gasteiger partial charge in [0.25, 0.3) is 5.91 Å². The predicted octanol–water partition coefficient (Wildman–Crippen LogP) is 1.40. The van der Waals surface area contributed by atoms with E-state index in [9.17, 15) is 9.59 Å². The normalized spacial score (nSPS) is 17.8. The first kappa shape index (κ1) is 14.7. The maximum Gasteiger partial charge on any atom is 0.254 e. The molecule has 0 spiro atoms. The second kappa shape index (κ2) is 5.87. The van der Waals surface area contributed by atoms with Crippen LogP contribution in [0.5, 0.6) is 11.5 Å². The van der Waals surface area contributed by atoms with Crippen LogP contribution < -0.4 is 14.8 Å². The minimum absolute atomic E-state index is 0.0316. The van der Waals surface area contributed by atoms with Gasteiger partial charge in [-0.25, -0.2) is 0 Å². The maximum atomic E-state index is 12.4. The van der Waals surface area contributed by atoms with Crippen molar-refractivity contribution < 1.29 is 19.1 Å². The molecule has 1 aromatic rings. The molecule has 6 nitrogen and oxygen atoms in total. The van der Waals surface area contributed by atoms with E-state index in [4.69, 9.17) is 9.47 Å². The van der Waals surface area contributed by atoms with Crippen molar-refractivity contribution >= 4 is 11.8 Å². The van der Waals surface area contributed by atoms with Crippen molar-refractivity contribution in [2.75, 3.05) is 19.9 Å². The summed E-state index contributed by atoms with van der Waals surface area (Å²) >= 11 is 0. The monoisotopic (exact) mass is 304 g/mol. The zero-order chi connectivity index (χ0) is 15.7. The third-order valence-corrected chi connectivity index (χ3v) is 4.16. The average molecular weight is 304 g/mol. The Kier molecular flexibility index (Phi) is 3.92. The molecule has 1 aromatic carbocycles. The highest BCUT2D eigenvalue weighted by atomic mass is 16.7. The largest absolute Gasteiger partial charge is 0.454 e. The molecule has 0 saturated carbocycles. The van der Waals surface area contributed by atoms with Crippen molar-refractivity contribution in [2.24, 2.45) is 5.92 Å². The Hall–Kier alpha value is -2.24. The van der Waals surface area contributed by atoms with Gasteiger partial charge in [-0.05, 0) is 31.5 Å². The Bertz CT molecular complexity index is 596. The van der Waals surface area contributed by atoms with Gasteiger partial charge < -0.3 is 19.7 Å². The van der Waals surface area contributed by atoms with Crippen LogP contribution in [0.15, 0.2) is 18.2 Å². The van der Waals surface area contributed by atoms with E-state index in [1.54, 1.807) is 23.1 Å². The second-order valence-electron chi connectivity index (χ2n) is 5.79. The highest BCUT2D eigenvalue weighted by Crippen LogP contribution is 2.33. The van der Waals surface area contributed by atoms with Crippen LogP contribution in [0.3, 0.4) is 0 Å². The highest BCUT2D eigenvalue weighted by molar-refractivity contribution is 5.96. The number of hydrogen-bond acceptors (Lipinski definition) is 4. The molecule has 6 heteroatoms. The molecule has 2 heterocycles. The molecule has 0 radical (unpaired) electrons. The van der Waals surface area contributed by atoms with Crippen LogP contribution in [0, 0.1) is 5.92 Å². The highest BCUT2D eigenvalue weighted by Gasteiger charge is 2.36. The van der Waals surface area contributed by atoms with Gasteiger partial charge in [0.2, 0.25) is 12.7 Å². The predicted molar refractivity (Wildman–Crippen MR) is 79.9 cm³/mol. The molecule has 1 unspecified atom stereocenters. The fourth-order valence-electron chi connectivity index (χ4n) is 2.49. The molecular weight excluding hydrogens is 284 g/mol. The van der Waals surface area contributed by atoms with E-state index >= 15 is 0 Å². The molecular formula is C16H20N2O4. The molecule has 1 fully saturated rings. The van der Waals surface area contributed by atoms with Crippen LogP contribution in [0.25, 0.3) is 0 Å². The second-order valence-corrected chi connectivity index (χ2v) is 5.79. The maximum absolute atomic E-state index is 12.4. The topological polar surface area (TPSA) is 67.9 Å². The number of carbonyl (C=O) groups is 2. The van der Waals surface area contributed by atoms with Crippen LogP contribution >= 0.6 is 0 Å². The SMILES string of the molecule is CCC(C)NC(=O)C1CN(C(=O)c2ccc3c(c2)OCO3)C1. The number of amides is 2. The number of likely N-dealkylation sites (tertiary alicyclic amines) is 1. The summed E-state index contributed by atoms with van der Waals surface area (Å²) in [5.74, 6) is 1.10. The zero-order valence-corrected chi connectivity index (χ0v) is 12.8. The molecule has 118 valence electrons. The number of rotatable bonds is 4. The molecule has 0 aliphatic carbocycles. The van der Waals surface area contributed by atoms with Crippen LogP contribution in [-0.2, 0) is 4.79 Å². The first-order chi connectivity index (χ1) is 10.6. The van der Waals surface area contributed by atoms with Gasteiger partial charge in [-0.2, -0.15) is 0 Å². The van der Waals surface area contributed by atoms with E-state index in [2.05, 4.69) is 5.32 Å². The average Bonchev–Trinajstić information content (AvgIpc) is 2.92. The molecule has 22 heavy (non-hydrogen) atoms. The Balaban J connectivity index is 1.56. The fraction of sp³-hybridized carbons (Fsp3) is 0.500. The zero-order valence-electron chi connectivity index (χ0n) is 12.8. The van der Waals surface area contributed by atoms with Gasteiger partial charge in [0.05, 0.1) is 5.92 Å². The lowest BCUT2D eigenvalue weighted by Crippen LogP contribution is -2.56. The van der Waals surface area contributed by atoms with Crippen molar-refractivity contribution in [3.05, 3.63) is 23.8 Å². The van der Waals surface area contributed by atoms with Crippen molar-refractivity contribution in [1.29, 1.82) is 0 Å². The molecule has 2 aliphatic rings. The quantitative estimate of drug-likeness (QED) is 0.913. The number of hydrogen-bond donors (Lipinski definition) is 1. The van der Waals surface area contributed by atoms with Crippen molar-refractivity contribution in [2.45, 2.75) is 26.3 Å². The van der Waals surface area contributed by atoms with Crippen LogP contribution in [-0.4, -0.2) is 42.6 Å². The lowest BCUT2D eigenvalue weighted by Gasteiger charge is -2.38. The van der Waals surface area contributed by atoms with Crippen LogP contribution in [0.4, 0.5) is 0 Å². The Labute approximate surface area is 129 Å². The Morgan fingerprint density at radius 2 is 2.05 bits per heavy atom. The summed E-state index contributed by atoms with van der Waals surface area (Å²) in [5.41, 5.74) is 0.560. The van der Waals surface area contributed by atoms with E-state index < -0.39 is 0 Å². The summed E-state index contributed by atoms with van der Waals surface area (Å²) < 4.78 is 10.5. The minimum atomic E-state index is -0.105. The summed E-state index contributed by atoms with van der Waals surface area (Å²) in [6, 6.07) is 5.33. The number of fused-ring (bicyclic) bond motifs is 1. The number of nitrogens with one attached hydrogen (secondary N) is 1. The van der Waals surface area contributed by atoms with Crippen molar-refractivity contribution in [3.8, 4) is 11.5 Å². The summed E-state index contributed by atoms with van der Waals surface area (Å²) in [4.78, 5) is 26.0. The Morgan fingerprint density at radius 1 is 1.32 bits per heavy atom. The number of nitrogens with zero attached hydrogens (tertiary/aromatic N) is 1. The van der Waals surface area contributed by atoms with E-state index in [0.29, 0.717) is 30.2 Å². The summed E-state index contributed by atoms with van der Waals surface area (Å²) in [7, 11) is 0. The first-order valence-corrected chi connectivity index (χ1v) is 7.57.